The summed E-state index contributed by atoms with van der Waals surface area (Å²) in [6, 6.07) is 0. The van der Waals surface area contributed by atoms with E-state index in [-0.39, 0.29) is 0 Å². The van der Waals surface area contributed by atoms with Crippen molar-refractivity contribution in [1.82, 2.24) is 15.2 Å². The van der Waals surface area contributed by atoms with Crippen molar-refractivity contribution in [2.75, 3.05) is 0 Å². The highest BCUT2D eigenvalue weighted by Crippen LogP contribution is 2.22. The average molecular weight is 336 g/mol. The number of hydrogen-bond acceptors (Lipinski definition) is 2. The topological polar surface area (TPSA) is 41.6 Å². The van der Waals surface area contributed by atoms with Crippen LogP contribution in [0.3, 0.4) is 0 Å². The van der Waals surface area contributed by atoms with E-state index in [1.807, 2.05) is 0 Å². The third kappa shape index (κ3) is 10.8. The first kappa shape index (κ1) is 21.2. The van der Waals surface area contributed by atoms with Gasteiger partial charge in [0.2, 0.25) is 0 Å². The van der Waals surface area contributed by atoms with Gasteiger partial charge in [-0.3, -0.25) is 5.10 Å². The molecule has 0 aliphatic heterocycles. The predicted octanol–water partition coefficient (Wildman–Crippen LogP) is 7.17. The molecular weight excluding hydrogens is 294 g/mol. The fourth-order valence-electron chi connectivity index (χ4n) is 3.53. The van der Waals surface area contributed by atoms with Gasteiger partial charge in [-0.15, -0.1) is 0 Å². The number of aromatic amines is 1. The lowest BCUT2D eigenvalue weighted by Crippen LogP contribution is -2.00. The van der Waals surface area contributed by atoms with Crippen LogP contribution in [0.5, 0.6) is 0 Å². The van der Waals surface area contributed by atoms with Crippen LogP contribution in [0.2, 0.25) is 0 Å². The maximum atomic E-state index is 4.31. The van der Waals surface area contributed by atoms with Crippen molar-refractivity contribution in [3.05, 3.63) is 12.2 Å². The van der Waals surface area contributed by atoms with E-state index in [0.717, 1.165) is 12.2 Å². The average Bonchev–Trinajstić information content (AvgIpc) is 3.13. The molecule has 0 fully saturated rings. The number of rotatable bonds is 17. The van der Waals surface area contributed by atoms with E-state index in [9.17, 15) is 0 Å². The summed E-state index contributed by atoms with van der Waals surface area (Å²) < 4.78 is 0. The molecule has 1 atom stereocenters. The molecule has 3 nitrogen and oxygen atoms in total. The predicted molar refractivity (Wildman–Crippen MR) is 104 cm³/mol. The lowest BCUT2D eigenvalue weighted by atomic mass is 9.97. The molecule has 1 N–H and O–H groups in total. The van der Waals surface area contributed by atoms with Crippen molar-refractivity contribution in [2.45, 2.75) is 122 Å². The van der Waals surface area contributed by atoms with E-state index in [2.05, 4.69) is 29.0 Å². The van der Waals surface area contributed by atoms with E-state index in [0.29, 0.717) is 5.92 Å². The largest absolute Gasteiger partial charge is 0.263 e. The molecule has 24 heavy (non-hydrogen) atoms. The Labute approximate surface area is 150 Å². The summed E-state index contributed by atoms with van der Waals surface area (Å²) in [6.45, 7) is 4.54. The second-order valence-electron chi connectivity index (χ2n) is 7.36. The van der Waals surface area contributed by atoms with Gasteiger partial charge in [-0.05, 0) is 12.8 Å². The molecule has 0 bridgehead atoms. The Bertz CT molecular complexity index is 348. The van der Waals surface area contributed by atoms with Crippen molar-refractivity contribution in [3.63, 3.8) is 0 Å². The van der Waals surface area contributed by atoms with Gasteiger partial charge >= 0.3 is 0 Å². The fraction of sp³-hybridized carbons (Fsp3) is 0.905. The Hall–Kier alpha value is -0.860. The number of aromatic nitrogens is 3. The van der Waals surface area contributed by atoms with Crippen molar-refractivity contribution in [2.24, 2.45) is 0 Å². The number of unbranched alkanes of at least 4 members (excludes halogenated alkanes) is 13. The number of H-pyrrole nitrogens is 1. The molecule has 0 aromatic carbocycles. The first-order valence-electron chi connectivity index (χ1n) is 10.7. The van der Waals surface area contributed by atoms with E-state index in [1.54, 1.807) is 6.33 Å². The summed E-state index contributed by atoms with van der Waals surface area (Å²) in [6.07, 6.45) is 24.0. The Morgan fingerprint density at radius 2 is 1.25 bits per heavy atom. The zero-order valence-corrected chi connectivity index (χ0v) is 16.4. The molecule has 1 heterocycles. The highest BCUT2D eigenvalue weighted by atomic mass is 15.2. The van der Waals surface area contributed by atoms with E-state index in [4.69, 9.17) is 0 Å². The molecule has 140 valence electrons. The molecule has 0 aliphatic carbocycles. The SMILES string of the molecule is CCCCCCCCCCCCCCCCC(CC)c1ncn[nH]1. The van der Waals surface area contributed by atoms with Crippen molar-refractivity contribution in [3.8, 4) is 0 Å². The maximum Gasteiger partial charge on any atom is 0.137 e. The van der Waals surface area contributed by atoms with Crippen LogP contribution in [0.15, 0.2) is 6.33 Å². The highest BCUT2D eigenvalue weighted by molar-refractivity contribution is 4.91. The molecule has 1 aromatic rings. The van der Waals surface area contributed by atoms with Gasteiger partial charge in [-0.1, -0.05) is 104 Å². The Morgan fingerprint density at radius 3 is 1.67 bits per heavy atom. The summed E-state index contributed by atoms with van der Waals surface area (Å²) in [5.74, 6) is 1.65. The molecule has 0 radical (unpaired) electrons. The van der Waals surface area contributed by atoms with Crippen LogP contribution in [-0.2, 0) is 0 Å². The van der Waals surface area contributed by atoms with Crippen LogP contribution in [0.4, 0.5) is 0 Å². The molecule has 0 spiro atoms. The number of nitrogens with zero attached hydrogens (tertiary/aromatic N) is 2. The summed E-state index contributed by atoms with van der Waals surface area (Å²) in [5.41, 5.74) is 0. The first-order valence-corrected chi connectivity index (χ1v) is 10.7. The van der Waals surface area contributed by atoms with Crippen molar-refractivity contribution < 1.29 is 0 Å². The van der Waals surface area contributed by atoms with Gasteiger partial charge in [-0.25, -0.2) is 4.98 Å². The van der Waals surface area contributed by atoms with E-state index in [1.165, 1.54) is 96.3 Å². The van der Waals surface area contributed by atoms with Gasteiger partial charge in [0.1, 0.15) is 12.2 Å². The molecule has 0 amide bonds. The normalized spacial score (nSPS) is 12.6. The minimum absolute atomic E-state index is 0.574. The summed E-state index contributed by atoms with van der Waals surface area (Å²) in [4.78, 5) is 4.31. The Kier molecular flexibility index (Phi) is 13.8. The van der Waals surface area contributed by atoms with Crippen LogP contribution >= 0.6 is 0 Å². The quantitative estimate of drug-likeness (QED) is 0.307. The van der Waals surface area contributed by atoms with E-state index < -0.39 is 0 Å². The van der Waals surface area contributed by atoms with Gasteiger partial charge in [0.25, 0.3) is 0 Å². The van der Waals surface area contributed by atoms with Crippen molar-refractivity contribution in [1.29, 1.82) is 0 Å². The van der Waals surface area contributed by atoms with Crippen LogP contribution in [0, 0.1) is 0 Å². The molecule has 3 heteroatoms. The number of hydrogen-bond donors (Lipinski definition) is 1. The summed E-state index contributed by atoms with van der Waals surface area (Å²) in [7, 11) is 0. The lowest BCUT2D eigenvalue weighted by Gasteiger charge is -2.11. The summed E-state index contributed by atoms with van der Waals surface area (Å²) in [5, 5.41) is 7.00. The monoisotopic (exact) mass is 335 g/mol. The highest BCUT2D eigenvalue weighted by Gasteiger charge is 2.11. The molecule has 1 aromatic heterocycles. The fourth-order valence-corrected chi connectivity index (χ4v) is 3.53. The summed E-state index contributed by atoms with van der Waals surface area (Å²) >= 11 is 0. The third-order valence-electron chi connectivity index (χ3n) is 5.22. The molecule has 1 rings (SSSR count). The maximum absolute atomic E-state index is 4.31. The zero-order chi connectivity index (χ0) is 17.3. The second-order valence-corrected chi connectivity index (χ2v) is 7.36. The standard InChI is InChI=1S/C21H41N3/c1-3-5-6-7-8-9-10-11-12-13-14-15-16-17-18-20(4-2)21-22-19-23-24-21/h19-20H,3-18H2,1-2H3,(H,22,23,24). The van der Waals surface area contributed by atoms with Crippen molar-refractivity contribution >= 4 is 0 Å². The van der Waals surface area contributed by atoms with Gasteiger partial charge in [-0.2, -0.15) is 5.10 Å². The van der Waals surface area contributed by atoms with Crippen LogP contribution in [0.1, 0.15) is 128 Å². The van der Waals surface area contributed by atoms with Gasteiger partial charge in [0, 0.05) is 5.92 Å². The Morgan fingerprint density at radius 1 is 0.750 bits per heavy atom. The first-order chi connectivity index (χ1) is 11.9. The smallest absolute Gasteiger partial charge is 0.137 e. The van der Waals surface area contributed by atoms with Crippen LogP contribution < -0.4 is 0 Å². The molecule has 0 saturated carbocycles. The molecule has 1 unspecified atom stereocenters. The van der Waals surface area contributed by atoms with Crippen LogP contribution in [-0.4, -0.2) is 15.2 Å². The third-order valence-corrected chi connectivity index (χ3v) is 5.22. The Balaban J connectivity index is 1.80. The molecular formula is C21H41N3. The van der Waals surface area contributed by atoms with Gasteiger partial charge in [0.15, 0.2) is 0 Å². The molecule has 0 aliphatic rings. The second kappa shape index (κ2) is 15.7. The molecule has 0 saturated heterocycles. The lowest BCUT2D eigenvalue weighted by molar-refractivity contribution is 0.503. The minimum Gasteiger partial charge on any atom is -0.263 e. The van der Waals surface area contributed by atoms with Gasteiger partial charge < -0.3 is 0 Å². The minimum atomic E-state index is 0.574. The van der Waals surface area contributed by atoms with Gasteiger partial charge in [0.05, 0.1) is 0 Å². The van der Waals surface area contributed by atoms with E-state index >= 15 is 0 Å². The zero-order valence-electron chi connectivity index (χ0n) is 16.4. The number of nitrogens with one attached hydrogen (secondary N) is 1. The van der Waals surface area contributed by atoms with Crippen LogP contribution in [0.25, 0.3) is 0 Å².